The van der Waals surface area contributed by atoms with Gasteiger partial charge in [0.15, 0.2) is 0 Å². The molecule has 29 heavy (non-hydrogen) atoms. The zero-order valence-corrected chi connectivity index (χ0v) is 17.7. The van der Waals surface area contributed by atoms with E-state index in [1.807, 2.05) is 12.1 Å². The number of hydrogen-bond acceptors (Lipinski definition) is 4. The third-order valence-corrected chi connectivity index (χ3v) is 7.45. The van der Waals surface area contributed by atoms with Crippen LogP contribution in [0.25, 0.3) is 0 Å². The predicted molar refractivity (Wildman–Crippen MR) is 114 cm³/mol. The van der Waals surface area contributed by atoms with Crippen LogP contribution in [-0.4, -0.2) is 47.8 Å². The summed E-state index contributed by atoms with van der Waals surface area (Å²) in [6, 6.07) is 8.62. The minimum Gasteiger partial charge on any atom is -0.497 e. The maximum absolute atomic E-state index is 12.9. The number of carbonyl (C=O) groups excluding carboxylic acids is 1. The van der Waals surface area contributed by atoms with Crippen molar-refractivity contribution in [2.45, 2.75) is 81.9 Å². The van der Waals surface area contributed by atoms with Gasteiger partial charge in [0.2, 0.25) is 5.91 Å². The summed E-state index contributed by atoms with van der Waals surface area (Å²) >= 11 is 0. The van der Waals surface area contributed by atoms with Crippen molar-refractivity contribution in [2.75, 3.05) is 20.2 Å². The number of likely N-dealkylation sites (tertiary alicyclic amines) is 1. The van der Waals surface area contributed by atoms with Crippen molar-refractivity contribution < 1.29 is 14.6 Å². The van der Waals surface area contributed by atoms with E-state index < -0.39 is 5.60 Å². The second kappa shape index (κ2) is 9.05. The van der Waals surface area contributed by atoms with Crippen LogP contribution >= 0.6 is 0 Å². The zero-order chi connectivity index (χ0) is 20.3. The monoisotopic (exact) mass is 400 g/mol. The van der Waals surface area contributed by atoms with E-state index in [1.165, 1.54) is 24.8 Å². The number of methoxy groups -OCH3 is 1. The molecule has 5 heteroatoms. The molecular weight excluding hydrogens is 364 g/mol. The predicted octanol–water partition coefficient (Wildman–Crippen LogP) is 3.81. The van der Waals surface area contributed by atoms with Gasteiger partial charge in [-0.2, -0.15) is 0 Å². The number of piperidine rings is 1. The molecule has 0 spiro atoms. The lowest BCUT2D eigenvalue weighted by atomic mass is 9.66. The Balaban J connectivity index is 1.52. The summed E-state index contributed by atoms with van der Waals surface area (Å²) in [7, 11) is 1.68. The Kier molecular flexibility index (Phi) is 6.45. The lowest BCUT2D eigenvalue weighted by Gasteiger charge is -2.52. The molecule has 0 bridgehead atoms. The van der Waals surface area contributed by atoms with Crippen LogP contribution in [0.1, 0.15) is 75.8 Å². The van der Waals surface area contributed by atoms with E-state index in [9.17, 15) is 9.90 Å². The van der Waals surface area contributed by atoms with Crippen molar-refractivity contribution in [3.63, 3.8) is 0 Å². The summed E-state index contributed by atoms with van der Waals surface area (Å²) in [5.74, 6) is 1.16. The average molecular weight is 401 g/mol. The molecule has 5 nitrogen and oxygen atoms in total. The van der Waals surface area contributed by atoms with Gasteiger partial charge in [-0.15, -0.1) is 0 Å². The number of carbonyl (C=O) groups is 1. The summed E-state index contributed by atoms with van der Waals surface area (Å²) < 4.78 is 5.33. The van der Waals surface area contributed by atoms with E-state index in [0.29, 0.717) is 12.6 Å². The molecule has 3 fully saturated rings. The Morgan fingerprint density at radius 3 is 2.55 bits per heavy atom. The maximum Gasteiger partial charge on any atom is 0.234 e. The Morgan fingerprint density at radius 2 is 1.83 bits per heavy atom. The number of ether oxygens (including phenoxy) is 1. The van der Waals surface area contributed by atoms with Crippen LogP contribution in [0.5, 0.6) is 5.75 Å². The maximum atomic E-state index is 12.9. The van der Waals surface area contributed by atoms with Gasteiger partial charge < -0.3 is 15.2 Å². The molecule has 1 aromatic rings. The Labute approximate surface area is 174 Å². The van der Waals surface area contributed by atoms with Crippen molar-refractivity contribution in [1.82, 2.24) is 10.2 Å². The highest BCUT2D eigenvalue weighted by molar-refractivity contribution is 5.78. The molecule has 0 unspecified atom stereocenters. The minimum absolute atomic E-state index is 0.0806. The summed E-state index contributed by atoms with van der Waals surface area (Å²) in [5, 5.41) is 14.7. The fourth-order valence-corrected chi connectivity index (χ4v) is 5.87. The van der Waals surface area contributed by atoms with Gasteiger partial charge in [-0.25, -0.2) is 0 Å². The number of hydrogen-bond donors (Lipinski definition) is 2. The SMILES string of the molecule is COc1ccc([C@H]2[C@H]3CCCC[C@]3(O)CCN2CC(=O)NC2CCCCC2)cc1. The quantitative estimate of drug-likeness (QED) is 0.789. The van der Waals surface area contributed by atoms with Crippen LogP contribution in [0.2, 0.25) is 0 Å². The van der Waals surface area contributed by atoms with E-state index in [4.69, 9.17) is 4.74 Å². The van der Waals surface area contributed by atoms with Gasteiger partial charge in [-0.05, 0) is 49.8 Å². The molecule has 2 N–H and O–H groups in total. The molecule has 1 saturated heterocycles. The molecular formula is C24H36N2O3. The smallest absolute Gasteiger partial charge is 0.234 e. The van der Waals surface area contributed by atoms with Crippen LogP contribution in [0.3, 0.4) is 0 Å². The average Bonchev–Trinajstić information content (AvgIpc) is 2.74. The van der Waals surface area contributed by atoms with E-state index in [1.54, 1.807) is 7.11 Å². The van der Waals surface area contributed by atoms with Crippen LogP contribution in [0, 0.1) is 5.92 Å². The highest BCUT2D eigenvalue weighted by Crippen LogP contribution is 2.49. The van der Waals surface area contributed by atoms with Gasteiger partial charge in [0.05, 0.1) is 19.3 Å². The third kappa shape index (κ3) is 4.61. The van der Waals surface area contributed by atoms with Crippen molar-refractivity contribution in [2.24, 2.45) is 5.92 Å². The minimum atomic E-state index is -0.598. The second-order valence-electron chi connectivity index (χ2n) is 9.30. The molecule has 4 rings (SSSR count). The molecule has 0 aromatic heterocycles. The summed E-state index contributed by atoms with van der Waals surface area (Å²) in [6.07, 6.45) is 10.9. The fourth-order valence-electron chi connectivity index (χ4n) is 5.87. The summed E-state index contributed by atoms with van der Waals surface area (Å²) in [4.78, 5) is 15.2. The topological polar surface area (TPSA) is 61.8 Å². The number of benzene rings is 1. The van der Waals surface area contributed by atoms with E-state index >= 15 is 0 Å². The van der Waals surface area contributed by atoms with Gasteiger partial charge in [-0.3, -0.25) is 9.69 Å². The normalized spacial score (nSPS) is 31.1. The Bertz CT molecular complexity index is 686. The number of aliphatic hydroxyl groups is 1. The molecule has 3 atom stereocenters. The molecule has 0 radical (unpaired) electrons. The Morgan fingerprint density at radius 1 is 1.10 bits per heavy atom. The van der Waals surface area contributed by atoms with Crippen LogP contribution in [-0.2, 0) is 4.79 Å². The number of nitrogens with zero attached hydrogens (tertiary/aromatic N) is 1. The molecule has 3 aliphatic rings. The summed E-state index contributed by atoms with van der Waals surface area (Å²) in [6.45, 7) is 1.18. The van der Waals surface area contributed by atoms with E-state index in [0.717, 1.165) is 57.2 Å². The van der Waals surface area contributed by atoms with Crippen molar-refractivity contribution in [3.8, 4) is 5.75 Å². The van der Waals surface area contributed by atoms with Crippen molar-refractivity contribution in [1.29, 1.82) is 0 Å². The first-order valence-corrected chi connectivity index (χ1v) is 11.5. The highest BCUT2D eigenvalue weighted by atomic mass is 16.5. The second-order valence-corrected chi connectivity index (χ2v) is 9.30. The molecule has 2 aliphatic carbocycles. The Hall–Kier alpha value is -1.59. The molecule has 1 aliphatic heterocycles. The molecule has 160 valence electrons. The van der Waals surface area contributed by atoms with Crippen LogP contribution in [0.4, 0.5) is 0 Å². The lowest BCUT2D eigenvalue weighted by molar-refractivity contribution is -0.138. The van der Waals surface area contributed by atoms with Crippen LogP contribution < -0.4 is 10.1 Å². The molecule has 1 aromatic carbocycles. The highest BCUT2D eigenvalue weighted by Gasteiger charge is 2.49. The first-order chi connectivity index (χ1) is 14.1. The zero-order valence-electron chi connectivity index (χ0n) is 17.7. The first kappa shape index (κ1) is 20.7. The third-order valence-electron chi connectivity index (χ3n) is 7.45. The van der Waals surface area contributed by atoms with Gasteiger partial charge in [-0.1, -0.05) is 44.2 Å². The molecule has 1 heterocycles. The van der Waals surface area contributed by atoms with Crippen molar-refractivity contribution in [3.05, 3.63) is 29.8 Å². The standard InChI is InChI=1S/C24H36N2O3/c1-29-20-12-10-18(11-13-20)23-21-9-5-6-14-24(21,28)15-16-26(23)17-22(27)25-19-7-3-2-4-8-19/h10-13,19,21,23,28H,2-9,14-17H2,1H3,(H,25,27)/t21-,23+,24+/m1/s1. The number of rotatable bonds is 5. The first-order valence-electron chi connectivity index (χ1n) is 11.5. The molecule has 1 amide bonds. The largest absolute Gasteiger partial charge is 0.497 e. The fraction of sp³-hybridized carbons (Fsp3) is 0.708. The summed E-state index contributed by atoms with van der Waals surface area (Å²) in [5.41, 5.74) is 0.584. The van der Waals surface area contributed by atoms with Gasteiger partial charge in [0.1, 0.15) is 5.75 Å². The number of amides is 1. The molecule has 2 saturated carbocycles. The lowest BCUT2D eigenvalue weighted by Crippen LogP contribution is -2.56. The van der Waals surface area contributed by atoms with Crippen molar-refractivity contribution >= 4 is 5.91 Å². The van der Waals surface area contributed by atoms with E-state index in [2.05, 4.69) is 22.3 Å². The van der Waals surface area contributed by atoms with E-state index in [-0.39, 0.29) is 17.9 Å². The van der Waals surface area contributed by atoms with Gasteiger partial charge in [0.25, 0.3) is 0 Å². The number of fused-ring (bicyclic) bond motifs is 1. The van der Waals surface area contributed by atoms with Crippen LogP contribution in [0.15, 0.2) is 24.3 Å². The van der Waals surface area contributed by atoms with Gasteiger partial charge >= 0.3 is 0 Å². The number of nitrogens with one attached hydrogen (secondary N) is 1. The van der Waals surface area contributed by atoms with Gasteiger partial charge in [0, 0.05) is 24.5 Å².